The van der Waals surface area contributed by atoms with E-state index in [1.807, 2.05) is 18.7 Å². The molecule has 1 aromatic rings. The van der Waals surface area contributed by atoms with E-state index in [1.165, 1.54) is 23.1 Å². The van der Waals surface area contributed by atoms with Crippen LogP contribution < -0.4 is 5.32 Å². The third-order valence-electron chi connectivity index (χ3n) is 3.46. The first-order valence-corrected chi connectivity index (χ1v) is 8.82. The summed E-state index contributed by atoms with van der Waals surface area (Å²) in [6.45, 7) is 8.85. The summed E-state index contributed by atoms with van der Waals surface area (Å²) >= 11 is 3.02. The first kappa shape index (κ1) is 15.6. The zero-order chi connectivity index (χ0) is 14.5. The maximum absolute atomic E-state index is 12.4. The van der Waals surface area contributed by atoms with E-state index in [0.29, 0.717) is 0 Å². The molecular weight excluding hydrogens is 292 g/mol. The summed E-state index contributed by atoms with van der Waals surface area (Å²) < 4.78 is 0.854. The van der Waals surface area contributed by atoms with E-state index in [-0.39, 0.29) is 11.2 Å². The van der Waals surface area contributed by atoms with Crippen molar-refractivity contribution in [2.75, 3.05) is 25.0 Å². The molecule has 1 N–H and O–H groups in total. The fraction of sp³-hybridized carbons (Fsp3) is 0.769. The van der Waals surface area contributed by atoms with Crippen molar-refractivity contribution in [1.82, 2.24) is 15.1 Å². The van der Waals surface area contributed by atoms with Crippen LogP contribution >= 0.6 is 23.1 Å². The lowest BCUT2D eigenvalue weighted by Crippen LogP contribution is -2.41. The number of thioether (sulfide) groups is 1. The second-order valence-corrected chi connectivity index (χ2v) is 7.74. The lowest BCUT2D eigenvalue weighted by molar-refractivity contribution is -0.131. The highest BCUT2D eigenvalue weighted by Crippen LogP contribution is 2.30. The number of rotatable bonds is 5. The van der Waals surface area contributed by atoms with Crippen LogP contribution in [0.15, 0.2) is 4.34 Å². The Kier molecular flexibility index (Phi) is 5.65. The number of piperidine rings is 1. The minimum atomic E-state index is -0.0918. The maximum Gasteiger partial charge on any atom is 0.235 e. The molecule has 1 amide bonds. The highest BCUT2D eigenvalue weighted by Gasteiger charge is 2.25. The van der Waals surface area contributed by atoms with Crippen LogP contribution in [0.4, 0.5) is 5.13 Å². The van der Waals surface area contributed by atoms with Crippen LogP contribution in [0.3, 0.4) is 0 Å². The molecule has 0 radical (unpaired) electrons. The van der Waals surface area contributed by atoms with Gasteiger partial charge in [0.25, 0.3) is 0 Å². The standard InChI is InChI=1S/C13H22N4OS2/c1-4-14-12-15-16-13(20-12)19-10(3)11(18)17-7-5-9(2)6-8-17/h9-10H,4-8H2,1-3H3,(H,14,15)/t10-/m0/s1. The number of hydrogen-bond acceptors (Lipinski definition) is 6. The van der Waals surface area contributed by atoms with Crippen LogP contribution in [0.5, 0.6) is 0 Å². The summed E-state index contributed by atoms with van der Waals surface area (Å²) in [6.07, 6.45) is 2.24. The maximum atomic E-state index is 12.4. The van der Waals surface area contributed by atoms with E-state index in [4.69, 9.17) is 0 Å². The molecule has 1 saturated heterocycles. The molecule has 1 fully saturated rings. The van der Waals surface area contributed by atoms with Gasteiger partial charge in [0.2, 0.25) is 11.0 Å². The Balaban J connectivity index is 1.86. The third-order valence-corrected chi connectivity index (χ3v) is 5.51. The first-order chi connectivity index (χ1) is 9.60. The van der Waals surface area contributed by atoms with E-state index >= 15 is 0 Å². The molecule has 0 bridgehead atoms. The smallest absolute Gasteiger partial charge is 0.235 e. The Labute approximate surface area is 128 Å². The first-order valence-electron chi connectivity index (χ1n) is 7.13. The van der Waals surface area contributed by atoms with E-state index in [2.05, 4.69) is 22.4 Å². The number of anilines is 1. The number of hydrogen-bond donors (Lipinski definition) is 1. The molecule has 1 aliphatic heterocycles. The average Bonchev–Trinajstić information content (AvgIpc) is 2.86. The Morgan fingerprint density at radius 1 is 1.50 bits per heavy atom. The number of carbonyl (C=O) groups is 1. The van der Waals surface area contributed by atoms with Crippen LogP contribution in [-0.2, 0) is 4.79 Å². The van der Waals surface area contributed by atoms with Gasteiger partial charge in [0.05, 0.1) is 5.25 Å². The topological polar surface area (TPSA) is 58.1 Å². The number of likely N-dealkylation sites (tertiary alicyclic amines) is 1. The molecule has 2 heterocycles. The largest absolute Gasteiger partial charge is 0.360 e. The molecule has 0 aliphatic carbocycles. The van der Waals surface area contributed by atoms with Gasteiger partial charge in [0.15, 0.2) is 4.34 Å². The third kappa shape index (κ3) is 4.09. The average molecular weight is 314 g/mol. The summed E-state index contributed by atoms with van der Waals surface area (Å²) in [7, 11) is 0. The van der Waals surface area contributed by atoms with Gasteiger partial charge in [-0.1, -0.05) is 30.0 Å². The molecule has 0 unspecified atom stereocenters. The van der Waals surface area contributed by atoms with Crippen molar-refractivity contribution in [2.45, 2.75) is 43.2 Å². The number of amides is 1. The Morgan fingerprint density at radius 2 is 2.20 bits per heavy atom. The van der Waals surface area contributed by atoms with Gasteiger partial charge < -0.3 is 10.2 Å². The van der Waals surface area contributed by atoms with Crippen molar-refractivity contribution < 1.29 is 4.79 Å². The zero-order valence-corrected chi connectivity index (χ0v) is 13.9. The monoisotopic (exact) mass is 314 g/mol. The summed E-state index contributed by atoms with van der Waals surface area (Å²) in [4.78, 5) is 14.4. The summed E-state index contributed by atoms with van der Waals surface area (Å²) in [5.41, 5.74) is 0. The minimum Gasteiger partial charge on any atom is -0.360 e. The van der Waals surface area contributed by atoms with Gasteiger partial charge in [-0.2, -0.15) is 0 Å². The molecule has 1 aliphatic rings. The summed E-state index contributed by atoms with van der Waals surface area (Å²) in [6, 6.07) is 0. The van der Waals surface area contributed by atoms with Gasteiger partial charge in [-0.05, 0) is 32.6 Å². The molecule has 0 spiro atoms. The molecule has 1 atom stereocenters. The fourth-order valence-electron chi connectivity index (χ4n) is 2.17. The second-order valence-electron chi connectivity index (χ2n) is 5.17. The highest BCUT2D eigenvalue weighted by molar-refractivity contribution is 8.02. The van der Waals surface area contributed by atoms with Crippen molar-refractivity contribution in [3.63, 3.8) is 0 Å². The highest BCUT2D eigenvalue weighted by atomic mass is 32.2. The van der Waals surface area contributed by atoms with Gasteiger partial charge in [-0.15, -0.1) is 10.2 Å². The number of nitrogens with zero attached hydrogens (tertiary/aromatic N) is 3. The van der Waals surface area contributed by atoms with Gasteiger partial charge in [0.1, 0.15) is 0 Å². The van der Waals surface area contributed by atoms with E-state index in [9.17, 15) is 4.79 Å². The van der Waals surface area contributed by atoms with Crippen molar-refractivity contribution in [1.29, 1.82) is 0 Å². The predicted octanol–water partition coefficient (Wildman–Crippen LogP) is 2.71. The van der Waals surface area contributed by atoms with Crippen LogP contribution in [-0.4, -0.2) is 45.9 Å². The van der Waals surface area contributed by atoms with E-state index in [1.54, 1.807) is 0 Å². The van der Waals surface area contributed by atoms with Crippen molar-refractivity contribution >= 4 is 34.1 Å². The normalized spacial score (nSPS) is 18.1. The Morgan fingerprint density at radius 3 is 2.85 bits per heavy atom. The summed E-state index contributed by atoms with van der Waals surface area (Å²) in [5.74, 6) is 0.968. The van der Waals surface area contributed by atoms with Crippen LogP contribution in [0.1, 0.15) is 33.6 Å². The quantitative estimate of drug-likeness (QED) is 0.847. The van der Waals surface area contributed by atoms with Crippen molar-refractivity contribution in [3.05, 3.63) is 0 Å². The molecular formula is C13H22N4OS2. The molecule has 2 rings (SSSR count). The molecule has 20 heavy (non-hydrogen) atoms. The predicted molar refractivity (Wildman–Crippen MR) is 84.4 cm³/mol. The number of nitrogens with one attached hydrogen (secondary N) is 1. The summed E-state index contributed by atoms with van der Waals surface area (Å²) in [5, 5.41) is 12.0. The lowest BCUT2D eigenvalue weighted by Gasteiger charge is -2.31. The molecule has 0 saturated carbocycles. The molecule has 7 heteroatoms. The second kappa shape index (κ2) is 7.26. The van der Waals surface area contributed by atoms with Crippen molar-refractivity contribution in [3.8, 4) is 0 Å². The minimum absolute atomic E-state index is 0.0918. The van der Waals surface area contributed by atoms with E-state index in [0.717, 1.165) is 47.9 Å². The van der Waals surface area contributed by atoms with Gasteiger partial charge >= 0.3 is 0 Å². The van der Waals surface area contributed by atoms with Gasteiger partial charge in [-0.25, -0.2) is 0 Å². The van der Waals surface area contributed by atoms with Gasteiger partial charge in [0, 0.05) is 19.6 Å². The van der Waals surface area contributed by atoms with Crippen LogP contribution in [0.25, 0.3) is 0 Å². The number of aromatic nitrogens is 2. The van der Waals surface area contributed by atoms with E-state index < -0.39 is 0 Å². The Hall–Kier alpha value is -0.820. The Bertz CT molecular complexity index is 443. The van der Waals surface area contributed by atoms with Crippen LogP contribution in [0, 0.1) is 5.92 Å². The van der Waals surface area contributed by atoms with Crippen molar-refractivity contribution in [2.24, 2.45) is 5.92 Å². The SMILES string of the molecule is CCNc1nnc(S[C@@H](C)C(=O)N2CCC(C)CC2)s1. The number of carbonyl (C=O) groups excluding carboxylic acids is 1. The zero-order valence-electron chi connectivity index (χ0n) is 12.3. The van der Waals surface area contributed by atoms with Crippen LogP contribution in [0.2, 0.25) is 0 Å². The molecule has 1 aromatic heterocycles. The molecule has 0 aromatic carbocycles. The van der Waals surface area contributed by atoms with Gasteiger partial charge in [-0.3, -0.25) is 4.79 Å². The molecule has 5 nitrogen and oxygen atoms in total. The fourth-order valence-corrected chi connectivity index (χ4v) is 4.22. The lowest BCUT2D eigenvalue weighted by atomic mass is 9.99. The molecule has 112 valence electrons.